The summed E-state index contributed by atoms with van der Waals surface area (Å²) >= 11 is 9.02. The van der Waals surface area contributed by atoms with Crippen molar-refractivity contribution in [1.82, 2.24) is 4.72 Å². The van der Waals surface area contributed by atoms with Gasteiger partial charge in [-0.3, -0.25) is 0 Å². The van der Waals surface area contributed by atoms with Gasteiger partial charge in [-0.2, -0.15) is 0 Å². The van der Waals surface area contributed by atoms with Crippen LogP contribution in [0.5, 0.6) is 0 Å². The van der Waals surface area contributed by atoms with Crippen molar-refractivity contribution in [1.29, 1.82) is 0 Å². The van der Waals surface area contributed by atoms with Gasteiger partial charge in [0.1, 0.15) is 0 Å². The minimum Gasteiger partial charge on any atom is -0.208 e. The van der Waals surface area contributed by atoms with E-state index in [1.54, 1.807) is 12.1 Å². The summed E-state index contributed by atoms with van der Waals surface area (Å²) < 4.78 is 26.4. The van der Waals surface area contributed by atoms with Gasteiger partial charge in [0, 0.05) is 16.4 Å². The van der Waals surface area contributed by atoms with Crippen LogP contribution in [0.1, 0.15) is 13.3 Å². The normalized spacial score (nSPS) is 13.7. The standard InChI is InChI=1S/C10H13BrClNO2S/c1-8(5-6-11)13-16(14,15)10-4-2-3-9(12)7-10/h2-4,7-8,13H,5-6H2,1H3. The Morgan fingerprint density at radius 2 is 2.19 bits per heavy atom. The van der Waals surface area contributed by atoms with Crippen molar-refractivity contribution < 1.29 is 8.42 Å². The molecule has 0 aromatic heterocycles. The van der Waals surface area contributed by atoms with Crippen LogP contribution in [0, 0.1) is 0 Å². The van der Waals surface area contributed by atoms with Gasteiger partial charge in [0.05, 0.1) is 4.90 Å². The summed E-state index contributed by atoms with van der Waals surface area (Å²) in [4.78, 5) is 0.196. The molecule has 0 aliphatic heterocycles. The summed E-state index contributed by atoms with van der Waals surface area (Å²) in [7, 11) is -3.46. The smallest absolute Gasteiger partial charge is 0.208 e. The van der Waals surface area contributed by atoms with Crippen LogP contribution in [0.25, 0.3) is 0 Å². The molecule has 6 heteroatoms. The third-order valence-electron chi connectivity index (χ3n) is 2.00. The number of benzene rings is 1. The van der Waals surface area contributed by atoms with Gasteiger partial charge in [-0.15, -0.1) is 0 Å². The largest absolute Gasteiger partial charge is 0.240 e. The van der Waals surface area contributed by atoms with Crippen molar-refractivity contribution in [3.05, 3.63) is 29.3 Å². The first-order chi connectivity index (χ1) is 7.45. The second kappa shape index (κ2) is 6.00. The van der Waals surface area contributed by atoms with Crippen molar-refractivity contribution in [2.24, 2.45) is 0 Å². The van der Waals surface area contributed by atoms with Gasteiger partial charge in [-0.1, -0.05) is 33.6 Å². The van der Waals surface area contributed by atoms with E-state index in [4.69, 9.17) is 11.6 Å². The molecule has 0 heterocycles. The van der Waals surface area contributed by atoms with Crippen molar-refractivity contribution in [2.45, 2.75) is 24.3 Å². The van der Waals surface area contributed by atoms with Gasteiger partial charge in [0.15, 0.2) is 0 Å². The van der Waals surface area contributed by atoms with Crippen LogP contribution in [0.4, 0.5) is 0 Å². The van der Waals surface area contributed by atoms with Gasteiger partial charge >= 0.3 is 0 Å². The molecule has 0 saturated carbocycles. The first-order valence-corrected chi connectivity index (χ1v) is 7.78. The van der Waals surface area contributed by atoms with Gasteiger partial charge < -0.3 is 0 Å². The van der Waals surface area contributed by atoms with E-state index in [1.807, 2.05) is 6.92 Å². The van der Waals surface area contributed by atoms with Crippen molar-refractivity contribution in [2.75, 3.05) is 5.33 Å². The minimum atomic E-state index is -3.46. The minimum absolute atomic E-state index is 0.108. The lowest BCUT2D eigenvalue weighted by Gasteiger charge is -2.12. The summed E-state index contributed by atoms with van der Waals surface area (Å²) in [5, 5.41) is 1.17. The molecule has 0 bridgehead atoms. The first kappa shape index (κ1) is 14.0. The molecular formula is C10H13BrClNO2S. The Kier molecular flexibility index (Phi) is 5.24. The number of nitrogens with one attached hydrogen (secondary N) is 1. The number of hydrogen-bond acceptors (Lipinski definition) is 2. The van der Waals surface area contributed by atoms with Gasteiger partial charge in [-0.25, -0.2) is 13.1 Å². The summed E-state index contributed by atoms with van der Waals surface area (Å²) in [6.45, 7) is 1.82. The zero-order valence-corrected chi connectivity index (χ0v) is 11.9. The Balaban J connectivity index is 2.86. The molecule has 90 valence electrons. The number of halogens is 2. The molecule has 1 unspecified atom stereocenters. The lowest BCUT2D eigenvalue weighted by molar-refractivity contribution is 0.557. The van der Waals surface area contributed by atoms with Crippen LogP contribution < -0.4 is 4.72 Å². The van der Waals surface area contributed by atoms with E-state index in [9.17, 15) is 8.42 Å². The number of rotatable bonds is 5. The predicted molar refractivity (Wildman–Crippen MR) is 69.6 cm³/mol. The van der Waals surface area contributed by atoms with Crippen LogP contribution >= 0.6 is 27.5 Å². The van der Waals surface area contributed by atoms with E-state index in [1.165, 1.54) is 12.1 Å². The maximum absolute atomic E-state index is 11.9. The molecule has 3 nitrogen and oxygen atoms in total. The fourth-order valence-electron chi connectivity index (χ4n) is 1.19. The first-order valence-electron chi connectivity index (χ1n) is 4.79. The lowest BCUT2D eigenvalue weighted by atomic mass is 10.3. The van der Waals surface area contributed by atoms with Crippen LogP contribution in [0.3, 0.4) is 0 Å². The van der Waals surface area contributed by atoms with Crippen molar-refractivity contribution in [3.8, 4) is 0 Å². The van der Waals surface area contributed by atoms with E-state index in [-0.39, 0.29) is 10.9 Å². The van der Waals surface area contributed by atoms with E-state index >= 15 is 0 Å². The molecule has 0 fully saturated rings. The maximum Gasteiger partial charge on any atom is 0.240 e. The Bertz CT molecular complexity index is 450. The molecule has 0 amide bonds. The highest BCUT2D eigenvalue weighted by Gasteiger charge is 2.16. The van der Waals surface area contributed by atoms with Gasteiger partial charge in [0.2, 0.25) is 10.0 Å². The Hall–Kier alpha value is -0.100. The molecule has 0 radical (unpaired) electrons. The highest BCUT2D eigenvalue weighted by Crippen LogP contribution is 2.15. The lowest BCUT2D eigenvalue weighted by Crippen LogP contribution is -2.32. The van der Waals surface area contributed by atoms with Crippen LogP contribution in [0.2, 0.25) is 5.02 Å². The topological polar surface area (TPSA) is 46.2 Å². The van der Waals surface area contributed by atoms with Crippen molar-refractivity contribution in [3.63, 3.8) is 0 Å². The fourth-order valence-corrected chi connectivity index (χ4v) is 3.45. The summed E-state index contributed by atoms with van der Waals surface area (Å²) in [6, 6.07) is 6.11. The number of sulfonamides is 1. The van der Waals surface area contributed by atoms with E-state index in [0.717, 1.165) is 11.8 Å². The third kappa shape index (κ3) is 4.05. The van der Waals surface area contributed by atoms with Crippen molar-refractivity contribution >= 4 is 37.6 Å². The molecule has 0 aliphatic rings. The van der Waals surface area contributed by atoms with Crippen LogP contribution in [-0.4, -0.2) is 19.8 Å². The Morgan fingerprint density at radius 1 is 1.50 bits per heavy atom. The number of alkyl halides is 1. The van der Waals surface area contributed by atoms with Crippen LogP contribution in [0.15, 0.2) is 29.2 Å². The maximum atomic E-state index is 11.9. The molecule has 0 spiro atoms. The van der Waals surface area contributed by atoms with Gasteiger partial charge in [0.25, 0.3) is 0 Å². The Labute approximate surface area is 109 Å². The zero-order chi connectivity index (χ0) is 12.2. The molecular weight excluding hydrogens is 314 g/mol. The average molecular weight is 327 g/mol. The van der Waals surface area contributed by atoms with E-state index in [0.29, 0.717) is 5.02 Å². The van der Waals surface area contributed by atoms with Gasteiger partial charge in [-0.05, 0) is 31.5 Å². The second-order valence-corrected chi connectivity index (χ2v) is 6.40. The highest BCUT2D eigenvalue weighted by molar-refractivity contribution is 9.09. The molecule has 1 aromatic rings. The molecule has 0 aliphatic carbocycles. The molecule has 0 saturated heterocycles. The van der Waals surface area contributed by atoms with Crippen LogP contribution in [-0.2, 0) is 10.0 Å². The molecule has 1 N–H and O–H groups in total. The molecule has 1 rings (SSSR count). The summed E-state index contributed by atoms with van der Waals surface area (Å²) in [5.74, 6) is 0. The van der Waals surface area contributed by atoms with E-state index in [2.05, 4.69) is 20.7 Å². The summed E-state index contributed by atoms with van der Waals surface area (Å²) in [5.41, 5.74) is 0. The predicted octanol–water partition coefficient (Wildman–Crippen LogP) is 2.79. The fraction of sp³-hybridized carbons (Fsp3) is 0.400. The second-order valence-electron chi connectivity index (χ2n) is 3.46. The number of hydrogen-bond donors (Lipinski definition) is 1. The SMILES string of the molecule is CC(CCBr)NS(=O)(=O)c1cccc(Cl)c1. The Morgan fingerprint density at radius 3 is 2.75 bits per heavy atom. The average Bonchev–Trinajstić information content (AvgIpc) is 2.17. The molecule has 1 atom stereocenters. The quantitative estimate of drug-likeness (QED) is 0.846. The summed E-state index contributed by atoms with van der Waals surface area (Å²) in [6.07, 6.45) is 0.736. The molecule has 1 aromatic carbocycles. The zero-order valence-electron chi connectivity index (χ0n) is 8.78. The highest BCUT2D eigenvalue weighted by atomic mass is 79.9. The monoisotopic (exact) mass is 325 g/mol. The third-order valence-corrected chi connectivity index (χ3v) is 4.28. The molecule has 16 heavy (non-hydrogen) atoms. The van der Waals surface area contributed by atoms with E-state index < -0.39 is 10.0 Å².